The first-order chi connectivity index (χ1) is 20.0. The molecule has 3 heterocycles. The van der Waals surface area contributed by atoms with Crippen molar-refractivity contribution >= 4 is 33.1 Å². The van der Waals surface area contributed by atoms with E-state index in [0.29, 0.717) is 11.0 Å². The smallest absolute Gasteiger partial charge is 0.266 e. The minimum Gasteiger partial charge on any atom is -0.266 e. The van der Waals surface area contributed by atoms with Gasteiger partial charge in [-0.1, -0.05) is 95.8 Å². The lowest BCUT2D eigenvalue weighted by Gasteiger charge is -2.03. The van der Waals surface area contributed by atoms with Gasteiger partial charge >= 0.3 is 0 Å². The number of aromatic nitrogens is 5. The molecule has 0 radical (unpaired) electrons. The van der Waals surface area contributed by atoms with Gasteiger partial charge in [-0.3, -0.25) is 9.59 Å². The van der Waals surface area contributed by atoms with Crippen molar-refractivity contribution in [1.29, 1.82) is 0 Å². The highest BCUT2D eigenvalue weighted by Gasteiger charge is 2.15. The molecule has 8 heteroatoms. The summed E-state index contributed by atoms with van der Waals surface area (Å²) in [4.78, 5) is 30.8. The summed E-state index contributed by atoms with van der Waals surface area (Å²) in [6.07, 6.45) is 4.03. The van der Waals surface area contributed by atoms with E-state index >= 15 is 0 Å². The van der Waals surface area contributed by atoms with Crippen molar-refractivity contribution in [3.8, 4) is 16.9 Å². The van der Waals surface area contributed by atoms with Crippen LogP contribution >= 0.6 is 11.3 Å². The zero-order valence-corrected chi connectivity index (χ0v) is 22.9. The number of aryl methyl sites for hydroxylation is 1. The predicted molar refractivity (Wildman–Crippen MR) is 163 cm³/mol. The van der Waals surface area contributed by atoms with Crippen LogP contribution in [0.25, 0.3) is 38.8 Å². The van der Waals surface area contributed by atoms with E-state index in [1.54, 1.807) is 0 Å². The van der Waals surface area contributed by atoms with Gasteiger partial charge in [-0.2, -0.15) is 19.7 Å². The van der Waals surface area contributed by atoms with Gasteiger partial charge in [0, 0.05) is 23.7 Å². The number of rotatable bonds is 5. The molecule has 198 valence electrons. The molecule has 7 rings (SSSR count). The molecule has 0 aliphatic rings. The standard InChI is InChI=1S/C33H23N5O2S/c1-21-11-13-22(14-12-21)17-28-31(39)34-33-38(35-28)32(40)29(41-33)19-26-20-37(27-9-3-2-4-10-27)36-30(26)25-16-15-23-7-5-6-8-24(23)18-25/h2-16,18-20H,17H2,1H3. The topological polar surface area (TPSA) is 82.2 Å². The van der Waals surface area contributed by atoms with E-state index < -0.39 is 5.56 Å². The SMILES string of the molecule is Cc1ccc(Cc2nn3c(=O)c(=Cc4cn(-c5ccccc5)nc4-c4ccc5ccccc5c4)sc3nc2=O)cc1. The lowest BCUT2D eigenvalue weighted by Crippen LogP contribution is -2.28. The van der Waals surface area contributed by atoms with Gasteiger partial charge in [-0.05, 0) is 47.5 Å². The Kier molecular flexibility index (Phi) is 6.10. The number of hydrogen-bond acceptors (Lipinski definition) is 6. The van der Waals surface area contributed by atoms with Crippen LogP contribution in [0.3, 0.4) is 0 Å². The Morgan fingerprint density at radius 1 is 0.829 bits per heavy atom. The van der Waals surface area contributed by atoms with Crippen LogP contribution in [0.2, 0.25) is 0 Å². The molecule has 4 aromatic carbocycles. The van der Waals surface area contributed by atoms with E-state index in [1.165, 1.54) is 4.52 Å². The molecule has 0 unspecified atom stereocenters. The van der Waals surface area contributed by atoms with Crippen LogP contribution in [-0.4, -0.2) is 24.4 Å². The highest BCUT2D eigenvalue weighted by molar-refractivity contribution is 7.15. The summed E-state index contributed by atoms with van der Waals surface area (Å²) in [6.45, 7) is 2.01. The Balaban J connectivity index is 1.37. The minimum absolute atomic E-state index is 0.238. The Labute approximate surface area is 238 Å². The van der Waals surface area contributed by atoms with Crippen LogP contribution in [0.4, 0.5) is 0 Å². The van der Waals surface area contributed by atoms with E-state index in [1.807, 2.05) is 96.7 Å². The molecule has 0 saturated carbocycles. The Bertz CT molecular complexity index is 2230. The van der Waals surface area contributed by atoms with Crippen LogP contribution in [0.1, 0.15) is 22.4 Å². The molecular formula is C33H23N5O2S. The van der Waals surface area contributed by atoms with Gasteiger partial charge in [0.05, 0.1) is 10.2 Å². The summed E-state index contributed by atoms with van der Waals surface area (Å²) in [7, 11) is 0. The average molecular weight is 554 g/mol. The van der Waals surface area contributed by atoms with Crippen molar-refractivity contribution in [2.24, 2.45) is 0 Å². The first-order valence-electron chi connectivity index (χ1n) is 13.2. The number of thiazole rings is 1. The maximum atomic E-state index is 13.5. The fraction of sp³-hybridized carbons (Fsp3) is 0.0606. The van der Waals surface area contributed by atoms with E-state index in [4.69, 9.17) is 5.10 Å². The fourth-order valence-corrected chi connectivity index (χ4v) is 5.75. The second-order valence-electron chi connectivity index (χ2n) is 9.91. The number of benzene rings is 4. The van der Waals surface area contributed by atoms with Crippen molar-refractivity contribution in [3.05, 3.63) is 151 Å². The molecule has 0 N–H and O–H groups in total. The van der Waals surface area contributed by atoms with Gasteiger partial charge in [-0.15, -0.1) is 0 Å². The highest BCUT2D eigenvalue weighted by Crippen LogP contribution is 2.28. The van der Waals surface area contributed by atoms with Crippen molar-refractivity contribution in [3.63, 3.8) is 0 Å². The molecule has 41 heavy (non-hydrogen) atoms. The molecule has 0 saturated heterocycles. The Morgan fingerprint density at radius 2 is 1.59 bits per heavy atom. The molecule has 0 fully saturated rings. The van der Waals surface area contributed by atoms with Gasteiger partial charge in [0.1, 0.15) is 11.4 Å². The highest BCUT2D eigenvalue weighted by atomic mass is 32.1. The van der Waals surface area contributed by atoms with Crippen LogP contribution < -0.4 is 15.7 Å². The molecule has 3 aromatic heterocycles. The molecule has 0 aliphatic heterocycles. The summed E-state index contributed by atoms with van der Waals surface area (Å²) in [5, 5.41) is 11.6. The molecule has 0 bridgehead atoms. The Morgan fingerprint density at radius 3 is 2.39 bits per heavy atom. The van der Waals surface area contributed by atoms with Crippen molar-refractivity contribution in [2.45, 2.75) is 13.3 Å². The maximum absolute atomic E-state index is 13.5. The average Bonchev–Trinajstić information content (AvgIpc) is 3.55. The fourth-order valence-electron chi connectivity index (χ4n) is 4.86. The third kappa shape index (κ3) is 4.74. The van der Waals surface area contributed by atoms with Gasteiger partial charge in [0.2, 0.25) is 4.96 Å². The first kappa shape index (κ1) is 24.8. The second-order valence-corrected chi connectivity index (χ2v) is 10.9. The molecule has 0 atom stereocenters. The Hall–Kier alpha value is -5.21. The van der Waals surface area contributed by atoms with Crippen LogP contribution in [0, 0.1) is 6.92 Å². The number of hydrogen-bond donors (Lipinski definition) is 0. The molecule has 0 amide bonds. The summed E-state index contributed by atoms with van der Waals surface area (Å²) >= 11 is 1.15. The van der Waals surface area contributed by atoms with E-state index in [-0.39, 0.29) is 16.2 Å². The lowest BCUT2D eigenvalue weighted by molar-refractivity contribution is 0.811. The van der Waals surface area contributed by atoms with Crippen molar-refractivity contribution in [1.82, 2.24) is 24.4 Å². The first-order valence-corrected chi connectivity index (χ1v) is 14.0. The molecule has 0 aliphatic carbocycles. The third-order valence-electron chi connectivity index (χ3n) is 7.02. The minimum atomic E-state index is -0.424. The summed E-state index contributed by atoms with van der Waals surface area (Å²) in [5.41, 5.74) is 4.91. The monoisotopic (exact) mass is 553 g/mol. The van der Waals surface area contributed by atoms with Gasteiger partial charge in [-0.25, -0.2) is 4.68 Å². The van der Waals surface area contributed by atoms with Crippen LogP contribution in [0.15, 0.2) is 113 Å². The van der Waals surface area contributed by atoms with Crippen molar-refractivity contribution in [2.75, 3.05) is 0 Å². The van der Waals surface area contributed by atoms with E-state index in [2.05, 4.69) is 34.3 Å². The largest absolute Gasteiger partial charge is 0.296 e. The van der Waals surface area contributed by atoms with E-state index in [9.17, 15) is 9.59 Å². The molecule has 0 spiro atoms. The van der Waals surface area contributed by atoms with E-state index in [0.717, 1.165) is 55.7 Å². The molecular weight excluding hydrogens is 530 g/mol. The predicted octanol–water partition coefficient (Wildman–Crippen LogP) is 4.96. The van der Waals surface area contributed by atoms with Crippen LogP contribution in [-0.2, 0) is 6.42 Å². The van der Waals surface area contributed by atoms with Gasteiger partial charge in [0.15, 0.2) is 0 Å². The normalized spacial score (nSPS) is 12.0. The lowest BCUT2D eigenvalue weighted by atomic mass is 10.0. The van der Waals surface area contributed by atoms with Gasteiger partial charge < -0.3 is 0 Å². The maximum Gasteiger partial charge on any atom is 0.296 e. The third-order valence-corrected chi connectivity index (χ3v) is 7.97. The zero-order chi connectivity index (χ0) is 27.9. The van der Waals surface area contributed by atoms with Crippen LogP contribution in [0.5, 0.6) is 0 Å². The quantitative estimate of drug-likeness (QED) is 0.301. The summed E-state index contributed by atoms with van der Waals surface area (Å²) in [6, 6.07) is 32.1. The summed E-state index contributed by atoms with van der Waals surface area (Å²) in [5.74, 6) is 0. The number of para-hydroxylation sites is 1. The molecule has 7 nitrogen and oxygen atoms in total. The number of nitrogens with zero attached hydrogens (tertiary/aromatic N) is 5. The second kappa shape index (κ2) is 10.1. The van der Waals surface area contributed by atoms with Crippen molar-refractivity contribution < 1.29 is 0 Å². The molecule has 7 aromatic rings. The number of fused-ring (bicyclic) bond motifs is 2. The zero-order valence-electron chi connectivity index (χ0n) is 22.1. The summed E-state index contributed by atoms with van der Waals surface area (Å²) < 4.78 is 3.47. The van der Waals surface area contributed by atoms with Gasteiger partial charge in [0.25, 0.3) is 11.1 Å².